The van der Waals surface area contributed by atoms with Gasteiger partial charge in [0.1, 0.15) is 11.4 Å². The summed E-state index contributed by atoms with van der Waals surface area (Å²) < 4.78 is 6.19. The van der Waals surface area contributed by atoms with Crippen molar-refractivity contribution in [2.45, 2.75) is 53.1 Å². The van der Waals surface area contributed by atoms with Crippen molar-refractivity contribution in [1.82, 2.24) is 5.32 Å². The van der Waals surface area contributed by atoms with E-state index in [1.165, 1.54) is 0 Å². The highest BCUT2D eigenvalue weighted by molar-refractivity contribution is 6.32. The second kappa shape index (κ2) is 7.16. The van der Waals surface area contributed by atoms with Crippen LogP contribution in [0.15, 0.2) is 12.1 Å². The first-order chi connectivity index (χ1) is 8.91. The molecule has 3 heteroatoms. The Balaban J connectivity index is 2.80. The van der Waals surface area contributed by atoms with Gasteiger partial charge < -0.3 is 10.1 Å². The van der Waals surface area contributed by atoms with Crippen LogP contribution in [0.3, 0.4) is 0 Å². The van der Waals surface area contributed by atoms with Gasteiger partial charge in [0.25, 0.3) is 0 Å². The minimum atomic E-state index is -0.179. The van der Waals surface area contributed by atoms with Gasteiger partial charge in [0.2, 0.25) is 0 Å². The van der Waals surface area contributed by atoms with Crippen molar-refractivity contribution in [3.63, 3.8) is 0 Å². The standard InChI is InChI=1S/C16H26ClNO/c1-6-8-18-11-16(5,7-2)19-14-9-12(3)15(17)13(4)10-14/h9-10,18H,6-8,11H2,1-5H3. The number of rotatable bonds is 7. The molecule has 1 atom stereocenters. The van der Waals surface area contributed by atoms with E-state index in [4.69, 9.17) is 16.3 Å². The average Bonchev–Trinajstić information content (AvgIpc) is 2.36. The zero-order valence-corrected chi connectivity index (χ0v) is 13.5. The molecule has 0 aliphatic rings. The van der Waals surface area contributed by atoms with E-state index in [9.17, 15) is 0 Å². The fraction of sp³-hybridized carbons (Fsp3) is 0.625. The van der Waals surface area contributed by atoms with Crippen molar-refractivity contribution in [1.29, 1.82) is 0 Å². The van der Waals surface area contributed by atoms with Gasteiger partial charge in [-0.15, -0.1) is 0 Å². The summed E-state index contributed by atoms with van der Waals surface area (Å²) in [5.74, 6) is 0.905. The van der Waals surface area contributed by atoms with Crippen LogP contribution in [0.1, 0.15) is 44.7 Å². The largest absolute Gasteiger partial charge is 0.486 e. The van der Waals surface area contributed by atoms with Crippen molar-refractivity contribution >= 4 is 11.6 Å². The molecule has 0 bridgehead atoms. The Morgan fingerprint density at radius 1 is 1.21 bits per heavy atom. The molecule has 19 heavy (non-hydrogen) atoms. The van der Waals surface area contributed by atoms with Crippen LogP contribution in [0.4, 0.5) is 0 Å². The lowest BCUT2D eigenvalue weighted by Gasteiger charge is -2.30. The van der Waals surface area contributed by atoms with Crippen molar-refractivity contribution in [3.05, 3.63) is 28.3 Å². The Morgan fingerprint density at radius 3 is 2.26 bits per heavy atom. The Hall–Kier alpha value is -0.730. The van der Waals surface area contributed by atoms with Gasteiger partial charge in [0, 0.05) is 11.6 Å². The highest BCUT2D eigenvalue weighted by Crippen LogP contribution is 2.28. The summed E-state index contributed by atoms with van der Waals surface area (Å²) in [6.45, 7) is 12.4. The molecule has 0 fully saturated rings. The highest BCUT2D eigenvalue weighted by Gasteiger charge is 2.24. The maximum atomic E-state index is 6.19. The van der Waals surface area contributed by atoms with Crippen LogP contribution in [0, 0.1) is 13.8 Å². The number of nitrogens with one attached hydrogen (secondary N) is 1. The van der Waals surface area contributed by atoms with E-state index in [-0.39, 0.29) is 5.60 Å². The lowest BCUT2D eigenvalue weighted by molar-refractivity contribution is 0.0836. The Bertz CT molecular complexity index is 396. The highest BCUT2D eigenvalue weighted by atomic mass is 35.5. The van der Waals surface area contributed by atoms with E-state index in [1.54, 1.807) is 0 Å². The summed E-state index contributed by atoms with van der Waals surface area (Å²) in [5, 5.41) is 4.26. The third-order valence-corrected chi connectivity index (χ3v) is 4.04. The summed E-state index contributed by atoms with van der Waals surface area (Å²) in [5.41, 5.74) is 1.95. The molecule has 0 radical (unpaired) electrons. The molecule has 0 saturated carbocycles. The van der Waals surface area contributed by atoms with Crippen LogP contribution >= 0.6 is 11.6 Å². The molecule has 0 heterocycles. The van der Waals surface area contributed by atoms with Crippen LogP contribution in [0.25, 0.3) is 0 Å². The van der Waals surface area contributed by atoms with E-state index in [2.05, 4.69) is 26.1 Å². The van der Waals surface area contributed by atoms with E-state index < -0.39 is 0 Å². The van der Waals surface area contributed by atoms with E-state index in [0.29, 0.717) is 0 Å². The zero-order valence-electron chi connectivity index (χ0n) is 12.8. The predicted molar refractivity (Wildman–Crippen MR) is 83.4 cm³/mol. The molecule has 2 nitrogen and oxygen atoms in total. The lowest BCUT2D eigenvalue weighted by atomic mass is 10.0. The SMILES string of the molecule is CCCNCC(C)(CC)Oc1cc(C)c(Cl)c(C)c1. The van der Waals surface area contributed by atoms with E-state index in [0.717, 1.165) is 47.8 Å². The van der Waals surface area contributed by atoms with E-state index >= 15 is 0 Å². The van der Waals surface area contributed by atoms with Gasteiger partial charge in [0.15, 0.2) is 0 Å². The number of aryl methyl sites for hydroxylation is 2. The van der Waals surface area contributed by atoms with Crippen LogP contribution in [-0.4, -0.2) is 18.7 Å². The Morgan fingerprint density at radius 2 is 1.79 bits per heavy atom. The monoisotopic (exact) mass is 283 g/mol. The maximum absolute atomic E-state index is 6.19. The topological polar surface area (TPSA) is 21.3 Å². The molecule has 0 aliphatic carbocycles. The second-order valence-electron chi connectivity index (χ2n) is 5.45. The summed E-state index contributed by atoms with van der Waals surface area (Å²) in [6.07, 6.45) is 2.10. The van der Waals surface area contributed by atoms with Gasteiger partial charge in [-0.1, -0.05) is 25.4 Å². The first kappa shape index (κ1) is 16.3. The fourth-order valence-corrected chi connectivity index (χ4v) is 2.12. The quantitative estimate of drug-likeness (QED) is 0.744. The zero-order chi connectivity index (χ0) is 14.5. The normalized spacial score (nSPS) is 14.2. The molecule has 0 amide bonds. The van der Waals surface area contributed by atoms with Gasteiger partial charge in [0.05, 0.1) is 0 Å². The molecule has 1 aromatic rings. The molecule has 0 aromatic heterocycles. The van der Waals surface area contributed by atoms with Crippen molar-refractivity contribution in [3.8, 4) is 5.75 Å². The number of ether oxygens (including phenoxy) is 1. The van der Waals surface area contributed by atoms with Gasteiger partial charge in [-0.05, 0) is 63.4 Å². The minimum absolute atomic E-state index is 0.179. The smallest absolute Gasteiger partial charge is 0.120 e. The first-order valence-electron chi connectivity index (χ1n) is 7.08. The molecular weight excluding hydrogens is 258 g/mol. The van der Waals surface area contributed by atoms with Crippen molar-refractivity contribution in [2.75, 3.05) is 13.1 Å². The summed E-state index contributed by atoms with van der Waals surface area (Å²) >= 11 is 6.19. The number of hydrogen-bond acceptors (Lipinski definition) is 2. The molecule has 0 spiro atoms. The summed E-state index contributed by atoms with van der Waals surface area (Å²) in [7, 11) is 0. The van der Waals surface area contributed by atoms with Crippen molar-refractivity contribution in [2.24, 2.45) is 0 Å². The molecule has 1 N–H and O–H groups in total. The molecule has 1 unspecified atom stereocenters. The summed E-state index contributed by atoms with van der Waals surface area (Å²) in [6, 6.07) is 4.03. The molecule has 1 rings (SSSR count). The molecule has 1 aromatic carbocycles. The first-order valence-corrected chi connectivity index (χ1v) is 7.46. The van der Waals surface area contributed by atoms with Crippen LogP contribution in [0.2, 0.25) is 5.02 Å². The number of benzene rings is 1. The summed E-state index contributed by atoms with van der Waals surface area (Å²) in [4.78, 5) is 0. The molecule has 0 saturated heterocycles. The Labute approximate surface area is 122 Å². The molecule has 108 valence electrons. The molecule has 0 aliphatic heterocycles. The van der Waals surface area contributed by atoms with Gasteiger partial charge >= 0.3 is 0 Å². The average molecular weight is 284 g/mol. The van der Waals surface area contributed by atoms with E-state index in [1.807, 2.05) is 26.0 Å². The van der Waals surface area contributed by atoms with Crippen LogP contribution in [0.5, 0.6) is 5.75 Å². The minimum Gasteiger partial charge on any atom is -0.486 e. The number of halogens is 1. The van der Waals surface area contributed by atoms with Gasteiger partial charge in [-0.3, -0.25) is 0 Å². The third kappa shape index (κ3) is 4.70. The van der Waals surface area contributed by atoms with Gasteiger partial charge in [-0.2, -0.15) is 0 Å². The van der Waals surface area contributed by atoms with Gasteiger partial charge in [-0.25, -0.2) is 0 Å². The molecular formula is C16H26ClNO. The maximum Gasteiger partial charge on any atom is 0.120 e. The van der Waals surface area contributed by atoms with Crippen molar-refractivity contribution < 1.29 is 4.74 Å². The second-order valence-corrected chi connectivity index (χ2v) is 5.83. The predicted octanol–water partition coefficient (Wildman–Crippen LogP) is 4.50. The van der Waals surface area contributed by atoms with Crippen LogP contribution in [-0.2, 0) is 0 Å². The number of hydrogen-bond donors (Lipinski definition) is 1. The third-order valence-electron chi connectivity index (χ3n) is 3.45. The van der Waals surface area contributed by atoms with Crippen LogP contribution < -0.4 is 10.1 Å². The lowest BCUT2D eigenvalue weighted by Crippen LogP contribution is -2.42. The fourth-order valence-electron chi connectivity index (χ4n) is 2.01. The Kier molecular flexibility index (Phi) is 6.15.